The molecule has 1 atom stereocenters. The predicted molar refractivity (Wildman–Crippen MR) is 95.3 cm³/mol. The van der Waals surface area contributed by atoms with Crippen molar-refractivity contribution in [1.82, 2.24) is 4.90 Å². The number of rotatable bonds is 3. The zero-order valence-corrected chi connectivity index (χ0v) is 14.1. The van der Waals surface area contributed by atoms with Gasteiger partial charge in [-0.15, -0.1) is 11.3 Å². The second-order valence-electron chi connectivity index (χ2n) is 6.19. The maximum atomic E-state index is 12.9. The molecule has 6 heteroatoms. The monoisotopic (exact) mass is 341 g/mol. The quantitative estimate of drug-likeness (QED) is 0.934. The van der Waals surface area contributed by atoms with Gasteiger partial charge in [0, 0.05) is 10.9 Å². The maximum absolute atomic E-state index is 12.9. The van der Waals surface area contributed by atoms with Gasteiger partial charge in [-0.3, -0.25) is 19.4 Å². The van der Waals surface area contributed by atoms with Gasteiger partial charge in [0.05, 0.1) is 17.9 Å². The van der Waals surface area contributed by atoms with E-state index in [0.29, 0.717) is 18.3 Å². The Kier molecular flexibility index (Phi) is 4.08. The second kappa shape index (κ2) is 6.37. The average Bonchev–Trinajstić information content (AvgIpc) is 3.25. The van der Waals surface area contributed by atoms with E-state index in [1.807, 2.05) is 24.3 Å². The van der Waals surface area contributed by atoms with Crippen molar-refractivity contribution in [2.45, 2.75) is 18.9 Å². The van der Waals surface area contributed by atoms with E-state index in [-0.39, 0.29) is 18.4 Å². The van der Waals surface area contributed by atoms with Gasteiger partial charge in [-0.25, -0.2) is 0 Å². The number of likely N-dealkylation sites (tertiary alicyclic amines) is 1. The summed E-state index contributed by atoms with van der Waals surface area (Å²) in [5.74, 6) is -0.154. The lowest BCUT2D eigenvalue weighted by atomic mass is 10.1. The molecule has 5 nitrogen and oxygen atoms in total. The first-order valence-corrected chi connectivity index (χ1v) is 9.07. The average molecular weight is 341 g/mol. The fourth-order valence-electron chi connectivity index (χ4n) is 3.53. The summed E-state index contributed by atoms with van der Waals surface area (Å²) in [5.41, 5.74) is 1.49. The number of hydrogen-bond donors (Lipinski definition) is 1. The Balaban J connectivity index is 1.53. The highest BCUT2D eigenvalue weighted by molar-refractivity contribution is 7.10. The molecule has 4 rings (SSSR count). The molecule has 2 aliphatic rings. The lowest BCUT2D eigenvalue weighted by Gasteiger charge is -2.31. The third-order valence-corrected chi connectivity index (χ3v) is 5.62. The van der Waals surface area contributed by atoms with E-state index in [4.69, 9.17) is 0 Å². The molecule has 1 fully saturated rings. The topological polar surface area (TPSA) is 52.7 Å². The molecule has 0 bridgehead atoms. The molecule has 0 unspecified atom stereocenters. The highest BCUT2D eigenvalue weighted by atomic mass is 32.1. The molecule has 2 aliphatic heterocycles. The van der Waals surface area contributed by atoms with Crippen LogP contribution in [-0.4, -0.2) is 36.3 Å². The maximum Gasteiger partial charge on any atom is 0.244 e. The first-order chi connectivity index (χ1) is 11.7. The zero-order valence-electron chi connectivity index (χ0n) is 13.3. The van der Waals surface area contributed by atoms with Gasteiger partial charge >= 0.3 is 0 Å². The standard InChI is InChI=1S/C18H19N3O2S/c22-17-11-21(14-6-2-1-5-13(14)19-17)18(23)12-20-9-3-7-15(20)16-8-4-10-24-16/h1-2,4-6,8,10,15H,3,7,9,11-12H2,(H,19,22)/t15-/m1/s1. The van der Waals surface area contributed by atoms with Crippen LogP contribution in [0.15, 0.2) is 41.8 Å². The lowest BCUT2D eigenvalue weighted by molar-refractivity contribution is -0.122. The number of fused-ring (bicyclic) bond motifs is 1. The molecule has 124 valence electrons. The van der Waals surface area contributed by atoms with Gasteiger partial charge in [0.15, 0.2) is 0 Å². The Bertz CT molecular complexity index is 759. The first-order valence-electron chi connectivity index (χ1n) is 8.19. The minimum absolute atomic E-state index is 0.0132. The molecular weight excluding hydrogens is 322 g/mol. The highest BCUT2D eigenvalue weighted by Gasteiger charge is 2.32. The van der Waals surface area contributed by atoms with Gasteiger partial charge < -0.3 is 5.32 Å². The summed E-state index contributed by atoms with van der Waals surface area (Å²) in [5, 5.41) is 4.91. The van der Waals surface area contributed by atoms with Gasteiger partial charge in [0.25, 0.3) is 0 Å². The summed E-state index contributed by atoms with van der Waals surface area (Å²) in [4.78, 5) is 30.0. The molecule has 0 radical (unpaired) electrons. The van der Waals surface area contributed by atoms with Crippen LogP contribution in [0.3, 0.4) is 0 Å². The van der Waals surface area contributed by atoms with Crippen molar-refractivity contribution in [2.24, 2.45) is 0 Å². The number of thiophene rings is 1. The molecule has 1 aromatic heterocycles. The smallest absolute Gasteiger partial charge is 0.244 e. The Labute approximate surface area is 144 Å². The third-order valence-electron chi connectivity index (χ3n) is 4.65. The van der Waals surface area contributed by atoms with Crippen LogP contribution in [0.1, 0.15) is 23.8 Å². The van der Waals surface area contributed by atoms with Gasteiger partial charge in [-0.2, -0.15) is 0 Å². The summed E-state index contributed by atoms with van der Waals surface area (Å²) >= 11 is 1.74. The van der Waals surface area contributed by atoms with Crippen LogP contribution < -0.4 is 10.2 Å². The van der Waals surface area contributed by atoms with Crippen molar-refractivity contribution in [2.75, 3.05) is 29.9 Å². The number of anilines is 2. The first kappa shape index (κ1) is 15.4. The van der Waals surface area contributed by atoms with E-state index in [2.05, 4.69) is 27.7 Å². The predicted octanol–water partition coefficient (Wildman–Crippen LogP) is 2.87. The minimum Gasteiger partial charge on any atom is -0.323 e. The summed E-state index contributed by atoms with van der Waals surface area (Å²) in [6, 6.07) is 12.0. The van der Waals surface area contributed by atoms with Gasteiger partial charge in [-0.1, -0.05) is 18.2 Å². The van der Waals surface area contributed by atoms with E-state index in [0.717, 1.165) is 25.1 Å². The van der Waals surface area contributed by atoms with E-state index in [1.54, 1.807) is 16.2 Å². The van der Waals surface area contributed by atoms with Crippen LogP contribution in [0, 0.1) is 0 Å². The van der Waals surface area contributed by atoms with E-state index < -0.39 is 0 Å². The highest BCUT2D eigenvalue weighted by Crippen LogP contribution is 2.35. The number of hydrogen-bond acceptors (Lipinski definition) is 4. The zero-order chi connectivity index (χ0) is 16.5. The molecule has 1 aromatic carbocycles. The molecule has 0 saturated carbocycles. The fraction of sp³-hybridized carbons (Fsp3) is 0.333. The molecule has 1 saturated heterocycles. The number of nitrogens with one attached hydrogen (secondary N) is 1. The number of nitrogens with zero attached hydrogens (tertiary/aromatic N) is 2. The Hall–Kier alpha value is -2.18. The van der Waals surface area contributed by atoms with Gasteiger partial charge in [0.2, 0.25) is 11.8 Å². The number of carbonyl (C=O) groups is 2. The molecular formula is C18H19N3O2S. The Morgan fingerprint density at radius 1 is 1.25 bits per heavy atom. The van der Waals surface area contributed by atoms with Crippen LogP contribution in [0.5, 0.6) is 0 Å². The Morgan fingerprint density at radius 2 is 2.12 bits per heavy atom. The fourth-order valence-corrected chi connectivity index (χ4v) is 4.43. The van der Waals surface area contributed by atoms with Crippen molar-refractivity contribution in [3.05, 3.63) is 46.7 Å². The molecule has 2 amide bonds. The van der Waals surface area contributed by atoms with Gasteiger partial charge in [0.1, 0.15) is 6.54 Å². The van der Waals surface area contributed by atoms with Crippen LogP contribution in [0.25, 0.3) is 0 Å². The van der Waals surface area contributed by atoms with Crippen molar-refractivity contribution >= 4 is 34.5 Å². The molecule has 0 spiro atoms. The van der Waals surface area contributed by atoms with Crippen molar-refractivity contribution in [1.29, 1.82) is 0 Å². The summed E-state index contributed by atoms with van der Waals surface area (Å²) in [6.07, 6.45) is 2.19. The third kappa shape index (κ3) is 2.83. The molecule has 0 aliphatic carbocycles. The van der Waals surface area contributed by atoms with E-state index >= 15 is 0 Å². The van der Waals surface area contributed by atoms with E-state index in [9.17, 15) is 9.59 Å². The minimum atomic E-state index is -0.140. The summed E-state index contributed by atoms with van der Waals surface area (Å²) in [6.45, 7) is 1.37. The lowest BCUT2D eigenvalue weighted by Crippen LogP contribution is -2.46. The summed E-state index contributed by atoms with van der Waals surface area (Å²) in [7, 11) is 0. The number of carbonyl (C=O) groups excluding carboxylic acids is 2. The van der Waals surface area contributed by atoms with Crippen LogP contribution in [0.4, 0.5) is 11.4 Å². The van der Waals surface area contributed by atoms with Crippen molar-refractivity contribution < 1.29 is 9.59 Å². The van der Waals surface area contributed by atoms with E-state index in [1.165, 1.54) is 4.88 Å². The number of para-hydroxylation sites is 2. The number of amides is 2. The van der Waals surface area contributed by atoms with Crippen LogP contribution in [-0.2, 0) is 9.59 Å². The second-order valence-corrected chi connectivity index (χ2v) is 7.17. The van der Waals surface area contributed by atoms with Gasteiger partial charge in [-0.05, 0) is 43.0 Å². The summed E-state index contributed by atoms with van der Waals surface area (Å²) < 4.78 is 0. The Morgan fingerprint density at radius 3 is 2.96 bits per heavy atom. The van der Waals surface area contributed by atoms with Crippen molar-refractivity contribution in [3.8, 4) is 0 Å². The SMILES string of the molecule is O=C1CN(C(=O)CN2CCC[C@@H]2c2cccs2)c2ccccc2N1. The normalized spacial score (nSPS) is 20.8. The molecule has 3 heterocycles. The number of benzene rings is 1. The largest absolute Gasteiger partial charge is 0.323 e. The molecule has 2 aromatic rings. The molecule has 1 N–H and O–H groups in total. The molecule has 24 heavy (non-hydrogen) atoms. The van der Waals surface area contributed by atoms with Crippen LogP contribution in [0.2, 0.25) is 0 Å². The van der Waals surface area contributed by atoms with Crippen molar-refractivity contribution in [3.63, 3.8) is 0 Å². The van der Waals surface area contributed by atoms with Crippen LogP contribution >= 0.6 is 11.3 Å².